The Morgan fingerprint density at radius 3 is 2.71 bits per heavy atom. The van der Waals surface area contributed by atoms with Crippen LogP contribution in [0.3, 0.4) is 0 Å². The molecule has 1 saturated heterocycles. The van der Waals surface area contributed by atoms with E-state index in [-0.39, 0.29) is 10.6 Å². The molecule has 0 aliphatic carbocycles. The predicted molar refractivity (Wildman–Crippen MR) is 87.4 cm³/mol. The number of nitrogens with zero attached hydrogens (tertiary/aromatic N) is 2. The molecule has 0 spiro atoms. The number of rotatable bonds is 6. The van der Waals surface area contributed by atoms with Gasteiger partial charge in [0.2, 0.25) is 0 Å². The lowest BCUT2D eigenvalue weighted by molar-refractivity contribution is -0.384. The molecule has 21 heavy (non-hydrogen) atoms. The molecule has 1 aromatic carbocycles. The Hall–Kier alpha value is -0.980. The van der Waals surface area contributed by atoms with E-state index in [1.807, 2.05) is 6.07 Å². The van der Waals surface area contributed by atoms with E-state index in [1.165, 1.54) is 25.8 Å². The van der Waals surface area contributed by atoms with Crippen molar-refractivity contribution in [3.8, 4) is 0 Å². The zero-order chi connectivity index (χ0) is 15.2. The summed E-state index contributed by atoms with van der Waals surface area (Å²) in [4.78, 5) is 12.9. The van der Waals surface area contributed by atoms with Crippen molar-refractivity contribution in [1.82, 2.24) is 10.2 Å². The van der Waals surface area contributed by atoms with Crippen LogP contribution in [0.25, 0.3) is 0 Å². The fourth-order valence-corrected chi connectivity index (χ4v) is 3.23. The Labute approximate surface area is 134 Å². The van der Waals surface area contributed by atoms with Gasteiger partial charge in [-0.2, -0.15) is 0 Å². The Morgan fingerprint density at radius 2 is 2.14 bits per heavy atom. The van der Waals surface area contributed by atoms with E-state index in [4.69, 9.17) is 0 Å². The third-order valence-corrected chi connectivity index (χ3v) is 4.69. The van der Waals surface area contributed by atoms with Gasteiger partial charge in [0.1, 0.15) is 0 Å². The molecule has 0 amide bonds. The number of hydrogen-bond donors (Lipinski definition) is 1. The molecule has 116 valence electrons. The zero-order valence-corrected chi connectivity index (χ0v) is 13.9. The standard InChI is InChI=1S/C15H22BrN3O2/c1-2-7-18-8-5-13(6-9-18)17-11-12-3-4-14(19(20)21)10-15(12)16/h3-4,10,13,17H,2,5-9,11H2,1H3. The lowest BCUT2D eigenvalue weighted by Gasteiger charge is -2.32. The molecule has 1 aromatic rings. The van der Waals surface area contributed by atoms with E-state index in [1.54, 1.807) is 12.1 Å². The molecule has 2 rings (SSSR count). The number of non-ortho nitro benzene ring substituents is 1. The molecule has 1 N–H and O–H groups in total. The van der Waals surface area contributed by atoms with E-state index in [0.29, 0.717) is 6.04 Å². The third kappa shape index (κ3) is 4.76. The molecule has 1 fully saturated rings. The van der Waals surface area contributed by atoms with Gasteiger partial charge in [-0.25, -0.2) is 0 Å². The average molecular weight is 356 g/mol. The molecule has 1 heterocycles. The smallest absolute Gasteiger partial charge is 0.270 e. The number of likely N-dealkylation sites (tertiary alicyclic amines) is 1. The van der Waals surface area contributed by atoms with E-state index in [9.17, 15) is 10.1 Å². The summed E-state index contributed by atoms with van der Waals surface area (Å²) in [6, 6.07) is 5.49. The minimum Gasteiger partial charge on any atom is -0.310 e. The van der Waals surface area contributed by atoms with Gasteiger partial charge in [-0.05, 0) is 50.5 Å². The number of nitro benzene ring substituents is 1. The van der Waals surface area contributed by atoms with Crippen molar-refractivity contribution in [2.45, 2.75) is 38.8 Å². The monoisotopic (exact) mass is 355 g/mol. The molecule has 0 aromatic heterocycles. The van der Waals surface area contributed by atoms with Crippen LogP contribution < -0.4 is 5.32 Å². The molecule has 0 radical (unpaired) electrons. The molecular formula is C15H22BrN3O2. The first-order chi connectivity index (χ1) is 10.1. The predicted octanol–water partition coefficient (Wildman–Crippen LogP) is 3.32. The van der Waals surface area contributed by atoms with Gasteiger partial charge < -0.3 is 10.2 Å². The summed E-state index contributed by atoms with van der Waals surface area (Å²) in [5, 5.41) is 14.3. The number of nitro groups is 1. The van der Waals surface area contributed by atoms with Crippen LogP contribution in [0.2, 0.25) is 0 Å². The molecule has 5 nitrogen and oxygen atoms in total. The first kappa shape index (κ1) is 16.4. The van der Waals surface area contributed by atoms with Gasteiger partial charge in [0.05, 0.1) is 4.92 Å². The largest absolute Gasteiger partial charge is 0.310 e. The van der Waals surface area contributed by atoms with Crippen LogP contribution >= 0.6 is 15.9 Å². The van der Waals surface area contributed by atoms with Gasteiger partial charge >= 0.3 is 0 Å². The van der Waals surface area contributed by atoms with Crippen molar-refractivity contribution >= 4 is 21.6 Å². The second kappa shape index (κ2) is 7.87. The first-order valence-electron chi connectivity index (χ1n) is 7.48. The maximum Gasteiger partial charge on any atom is 0.270 e. The highest BCUT2D eigenvalue weighted by molar-refractivity contribution is 9.10. The number of hydrogen-bond acceptors (Lipinski definition) is 4. The lowest BCUT2D eigenvalue weighted by Crippen LogP contribution is -2.42. The highest BCUT2D eigenvalue weighted by Gasteiger charge is 2.18. The van der Waals surface area contributed by atoms with Crippen molar-refractivity contribution in [2.75, 3.05) is 19.6 Å². The number of piperidine rings is 1. The maximum absolute atomic E-state index is 10.7. The Kier molecular flexibility index (Phi) is 6.14. The van der Waals surface area contributed by atoms with Gasteiger partial charge in [0.25, 0.3) is 5.69 Å². The highest BCUT2D eigenvalue weighted by atomic mass is 79.9. The van der Waals surface area contributed by atoms with Crippen LogP contribution in [0, 0.1) is 10.1 Å². The Balaban J connectivity index is 1.82. The molecule has 0 saturated carbocycles. The maximum atomic E-state index is 10.7. The van der Waals surface area contributed by atoms with Gasteiger partial charge in [-0.3, -0.25) is 10.1 Å². The number of benzene rings is 1. The molecule has 1 aliphatic rings. The van der Waals surface area contributed by atoms with Gasteiger partial charge in [-0.15, -0.1) is 0 Å². The van der Waals surface area contributed by atoms with Crippen LogP contribution in [-0.2, 0) is 6.54 Å². The summed E-state index contributed by atoms with van der Waals surface area (Å²) in [6.07, 6.45) is 3.56. The van der Waals surface area contributed by atoms with Crippen molar-refractivity contribution in [1.29, 1.82) is 0 Å². The van der Waals surface area contributed by atoms with Crippen LogP contribution in [0.1, 0.15) is 31.7 Å². The van der Waals surface area contributed by atoms with Crippen molar-refractivity contribution in [2.24, 2.45) is 0 Å². The van der Waals surface area contributed by atoms with Gasteiger partial charge in [0, 0.05) is 29.2 Å². The highest BCUT2D eigenvalue weighted by Crippen LogP contribution is 2.23. The second-order valence-electron chi connectivity index (χ2n) is 5.53. The van der Waals surface area contributed by atoms with E-state index >= 15 is 0 Å². The van der Waals surface area contributed by atoms with Crippen LogP contribution in [-0.4, -0.2) is 35.5 Å². The van der Waals surface area contributed by atoms with Crippen molar-refractivity contribution in [3.63, 3.8) is 0 Å². The average Bonchev–Trinajstić information content (AvgIpc) is 2.47. The molecular weight excluding hydrogens is 334 g/mol. The fraction of sp³-hybridized carbons (Fsp3) is 0.600. The van der Waals surface area contributed by atoms with Crippen LogP contribution in [0.4, 0.5) is 5.69 Å². The van der Waals surface area contributed by atoms with E-state index < -0.39 is 0 Å². The Bertz CT molecular complexity index is 488. The SMILES string of the molecule is CCCN1CCC(NCc2ccc([N+](=O)[O-])cc2Br)CC1. The van der Waals surface area contributed by atoms with Crippen molar-refractivity contribution < 1.29 is 4.92 Å². The fourth-order valence-electron chi connectivity index (χ4n) is 2.72. The molecule has 0 atom stereocenters. The van der Waals surface area contributed by atoms with Gasteiger partial charge in [-0.1, -0.05) is 22.9 Å². The topological polar surface area (TPSA) is 58.4 Å². The molecule has 1 aliphatic heterocycles. The summed E-state index contributed by atoms with van der Waals surface area (Å²) in [6.45, 7) is 6.48. The molecule has 0 unspecified atom stereocenters. The summed E-state index contributed by atoms with van der Waals surface area (Å²) in [5.74, 6) is 0. The summed E-state index contributed by atoms with van der Waals surface area (Å²) in [7, 11) is 0. The third-order valence-electron chi connectivity index (χ3n) is 3.96. The Morgan fingerprint density at radius 1 is 1.43 bits per heavy atom. The zero-order valence-electron chi connectivity index (χ0n) is 12.3. The number of halogens is 1. The quantitative estimate of drug-likeness (QED) is 0.628. The molecule has 0 bridgehead atoms. The summed E-state index contributed by atoms with van der Waals surface area (Å²) < 4.78 is 0.799. The van der Waals surface area contributed by atoms with Crippen molar-refractivity contribution in [3.05, 3.63) is 38.3 Å². The molecule has 6 heteroatoms. The minimum atomic E-state index is -0.370. The number of nitrogens with one attached hydrogen (secondary N) is 1. The first-order valence-corrected chi connectivity index (χ1v) is 8.28. The van der Waals surface area contributed by atoms with Crippen LogP contribution in [0.15, 0.2) is 22.7 Å². The lowest BCUT2D eigenvalue weighted by atomic mass is 10.0. The minimum absolute atomic E-state index is 0.124. The normalized spacial score (nSPS) is 17.0. The van der Waals surface area contributed by atoms with Gasteiger partial charge in [0.15, 0.2) is 0 Å². The van der Waals surface area contributed by atoms with Crippen LogP contribution in [0.5, 0.6) is 0 Å². The second-order valence-corrected chi connectivity index (χ2v) is 6.38. The summed E-state index contributed by atoms with van der Waals surface area (Å²) >= 11 is 3.42. The summed E-state index contributed by atoms with van der Waals surface area (Å²) in [5.41, 5.74) is 1.19. The van der Waals surface area contributed by atoms with E-state index in [0.717, 1.165) is 29.7 Å². The van der Waals surface area contributed by atoms with E-state index in [2.05, 4.69) is 33.1 Å².